The Morgan fingerprint density at radius 2 is 1.64 bits per heavy atom. The van der Waals surface area contributed by atoms with Crippen molar-refractivity contribution in [3.8, 4) is 0 Å². The van der Waals surface area contributed by atoms with Gasteiger partial charge in [-0.3, -0.25) is 19.2 Å². The van der Waals surface area contributed by atoms with Crippen LogP contribution < -0.4 is 27.8 Å². The molecule has 3 unspecified atom stereocenters. The first-order chi connectivity index (χ1) is 18.3. The lowest BCUT2D eigenvalue weighted by atomic mass is 9.88. The minimum atomic E-state index is -1.80. The monoisotopic (exact) mass is 550 g/mol. The molecule has 3 amide bonds. The Labute approximate surface area is 229 Å². The second-order valence-electron chi connectivity index (χ2n) is 10.9. The first kappa shape index (κ1) is 32.1. The van der Waals surface area contributed by atoms with Gasteiger partial charge in [-0.2, -0.15) is 0 Å². The fourth-order valence-electron chi connectivity index (χ4n) is 4.52. The van der Waals surface area contributed by atoms with E-state index in [1.807, 2.05) is 30.3 Å². The summed E-state index contributed by atoms with van der Waals surface area (Å²) in [5.41, 5.74) is 15.2. The van der Waals surface area contributed by atoms with Crippen LogP contribution in [0.25, 0.3) is 0 Å². The molecule has 218 valence electrons. The number of carbonyl (C=O) groups excluding carboxylic acids is 3. The molecule has 1 aromatic rings. The molecule has 0 spiro atoms. The number of hydrogen-bond donors (Lipinski definition) is 6. The summed E-state index contributed by atoms with van der Waals surface area (Å²) < 4.78 is 14.7. The van der Waals surface area contributed by atoms with Crippen molar-refractivity contribution >= 4 is 23.7 Å². The van der Waals surface area contributed by atoms with E-state index in [-0.39, 0.29) is 45.2 Å². The summed E-state index contributed by atoms with van der Waals surface area (Å²) in [6.45, 7) is 3.24. The van der Waals surface area contributed by atoms with E-state index in [0.29, 0.717) is 19.4 Å². The molecule has 39 heavy (non-hydrogen) atoms. The number of carboxylic acid groups (broad SMARTS) is 1. The van der Waals surface area contributed by atoms with Gasteiger partial charge in [0.15, 0.2) is 0 Å². The predicted octanol–water partition coefficient (Wildman–Crippen LogP) is 0.198. The molecular formula is C27H43FN6O5. The van der Waals surface area contributed by atoms with Crippen LogP contribution in [0.4, 0.5) is 4.39 Å². The highest BCUT2D eigenvalue weighted by atomic mass is 19.1. The molecule has 1 fully saturated rings. The molecular weight excluding hydrogens is 507 g/mol. The Bertz CT molecular complexity index is 979. The molecule has 1 saturated heterocycles. The first-order valence-corrected chi connectivity index (χ1v) is 13.4. The van der Waals surface area contributed by atoms with E-state index < -0.39 is 53.0 Å². The number of piperidine rings is 1. The highest BCUT2D eigenvalue weighted by molar-refractivity contribution is 5.93. The molecule has 2 rings (SSSR count). The number of carboxylic acids is 1. The lowest BCUT2D eigenvalue weighted by Crippen LogP contribution is -2.60. The minimum absolute atomic E-state index is 0.0750. The standard InChI is InChI=1S/C27H43FN6O5/c1-26(2,28)17-21(33-22(35)19(30)16-18-8-4-3-5-9-18)23(36)32-20(10-6-7-13-29)24(37)34-14-11-27(31,12-15-34)25(38)39/h3-5,8-9,19-21H,6-7,10-17,29-31H2,1-2H3,(H,32,36)(H,33,35)(H,38,39). The molecule has 0 aromatic heterocycles. The molecule has 1 aromatic carbocycles. The quantitative estimate of drug-likeness (QED) is 0.177. The second-order valence-corrected chi connectivity index (χ2v) is 10.9. The summed E-state index contributed by atoms with van der Waals surface area (Å²) in [7, 11) is 0. The van der Waals surface area contributed by atoms with Crippen LogP contribution in [-0.2, 0) is 25.6 Å². The van der Waals surface area contributed by atoms with E-state index in [1.54, 1.807) is 0 Å². The van der Waals surface area contributed by atoms with Crippen LogP contribution >= 0.6 is 0 Å². The molecule has 1 aliphatic heterocycles. The lowest BCUT2D eigenvalue weighted by Gasteiger charge is -2.38. The van der Waals surface area contributed by atoms with Gasteiger partial charge in [0.25, 0.3) is 0 Å². The van der Waals surface area contributed by atoms with E-state index in [0.717, 1.165) is 5.56 Å². The molecule has 0 bridgehead atoms. The molecule has 12 heteroatoms. The van der Waals surface area contributed by atoms with Gasteiger partial charge in [0, 0.05) is 19.5 Å². The molecule has 1 aliphatic rings. The fourth-order valence-corrected chi connectivity index (χ4v) is 4.52. The largest absolute Gasteiger partial charge is 0.480 e. The number of nitrogens with one attached hydrogen (secondary N) is 2. The maximum Gasteiger partial charge on any atom is 0.323 e. The average Bonchev–Trinajstić information content (AvgIpc) is 2.87. The molecule has 1 heterocycles. The van der Waals surface area contributed by atoms with Crippen LogP contribution in [0, 0.1) is 0 Å². The fraction of sp³-hybridized carbons (Fsp3) is 0.630. The molecule has 0 aliphatic carbocycles. The second kappa shape index (κ2) is 14.3. The Morgan fingerprint density at radius 3 is 2.18 bits per heavy atom. The molecule has 0 saturated carbocycles. The highest BCUT2D eigenvalue weighted by Gasteiger charge is 2.40. The number of alkyl halides is 1. The minimum Gasteiger partial charge on any atom is -0.480 e. The van der Waals surface area contributed by atoms with Gasteiger partial charge in [-0.25, -0.2) is 4.39 Å². The van der Waals surface area contributed by atoms with Gasteiger partial charge in [-0.05, 0) is 64.5 Å². The lowest BCUT2D eigenvalue weighted by molar-refractivity contribution is -0.148. The SMILES string of the molecule is CC(C)(F)CC(NC(=O)C(N)Cc1ccccc1)C(=O)NC(CCCCN)C(=O)N1CCC(N)(C(=O)O)CC1. The molecule has 0 radical (unpaired) electrons. The van der Waals surface area contributed by atoms with Gasteiger partial charge in [0.2, 0.25) is 17.7 Å². The Balaban J connectivity index is 2.13. The van der Waals surface area contributed by atoms with Crippen LogP contribution in [0.1, 0.15) is 57.9 Å². The third-order valence-electron chi connectivity index (χ3n) is 6.91. The van der Waals surface area contributed by atoms with E-state index >= 15 is 0 Å². The van der Waals surface area contributed by atoms with Crippen molar-refractivity contribution in [2.45, 2.75) is 88.1 Å². The maximum absolute atomic E-state index is 14.7. The van der Waals surface area contributed by atoms with E-state index in [2.05, 4.69) is 10.6 Å². The third kappa shape index (κ3) is 10.2. The summed E-state index contributed by atoms with van der Waals surface area (Å²) >= 11 is 0. The number of nitrogens with two attached hydrogens (primary N) is 3. The van der Waals surface area contributed by atoms with Crippen molar-refractivity contribution < 1.29 is 28.7 Å². The maximum atomic E-state index is 14.7. The number of aliphatic carboxylic acids is 1. The van der Waals surface area contributed by atoms with Crippen LogP contribution in [0.5, 0.6) is 0 Å². The van der Waals surface area contributed by atoms with Crippen molar-refractivity contribution in [1.82, 2.24) is 15.5 Å². The first-order valence-electron chi connectivity index (χ1n) is 13.4. The van der Waals surface area contributed by atoms with Gasteiger partial charge < -0.3 is 37.8 Å². The van der Waals surface area contributed by atoms with Crippen molar-refractivity contribution in [1.29, 1.82) is 0 Å². The zero-order valence-corrected chi connectivity index (χ0v) is 22.8. The smallest absolute Gasteiger partial charge is 0.323 e. The number of hydrogen-bond acceptors (Lipinski definition) is 7. The summed E-state index contributed by atoms with van der Waals surface area (Å²) in [5.74, 6) is -2.83. The van der Waals surface area contributed by atoms with Gasteiger partial charge in [-0.1, -0.05) is 30.3 Å². The van der Waals surface area contributed by atoms with Crippen molar-refractivity contribution in [2.24, 2.45) is 17.2 Å². The third-order valence-corrected chi connectivity index (χ3v) is 6.91. The average molecular weight is 551 g/mol. The van der Waals surface area contributed by atoms with Gasteiger partial charge in [0.05, 0.1) is 6.04 Å². The number of likely N-dealkylation sites (tertiary alicyclic amines) is 1. The number of carbonyl (C=O) groups is 4. The van der Waals surface area contributed by atoms with E-state index in [1.165, 1.54) is 18.7 Å². The summed E-state index contributed by atoms with van der Waals surface area (Å²) in [5, 5.41) is 14.6. The van der Waals surface area contributed by atoms with Crippen LogP contribution in [0.3, 0.4) is 0 Å². The number of unbranched alkanes of at least 4 members (excludes halogenated alkanes) is 1. The van der Waals surface area contributed by atoms with Gasteiger partial charge >= 0.3 is 5.97 Å². The van der Waals surface area contributed by atoms with E-state index in [9.17, 15) is 28.7 Å². The summed E-state index contributed by atoms with van der Waals surface area (Å²) in [4.78, 5) is 52.5. The topological polar surface area (TPSA) is 194 Å². The van der Waals surface area contributed by atoms with Gasteiger partial charge in [0.1, 0.15) is 23.3 Å². The summed E-state index contributed by atoms with van der Waals surface area (Å²) in [6, 6.07) is 5.94. The number of nitrogens with zero attached hydrogens (tertiary/aromatic N) is 1. The Morgan fingerprint density at radius 1 is 1.05 bits per heavy atom. The van der Waals surface area contributed by atoms with Crippen molar-refractivity contribution in [3.05, 3.63) is 35.9 Å². The van der Waals surface area contributed by atoms with Crippen LogP contribution in [-0.4, -0.2) is 82.7 Å². The normalized spacial score (nSPS) is 17.5. The number of benzene rings is 1. The number of rotatable bonds is 14. The van der Waals surface area contributed by atoms with Gasteiger partial charge in [-0.15, -0.1) is 0 Å². The van der Waals surface area contributed by atoms with Crippen molar-refractivity contribution in [2.75, 3.05) is 19.6 Å². The number of halogens is 1. The van der Waals surface area contributed by atoms with Crippen LogP contribution in [0.15, 0.2) is 30.3 Å². The van der Waals surface area contributed by atoms with E-state index in [4.69, 9.17) is 17.2 Å². The Kier molecular flexibility index (Phi) is 11.8. The zero-order valence-electron chi connectivity index (χ0n) is 22.8. The molecule has 3 atom stereocenters. The molecule has 11 nitrogen and oxygen atoms in total. The predicted molar refractivity (Wildman–Crippen MR) is 145 cm³/mol. The zero-order chi connectivity index (χ0) is 29.2. The number of amides is 3. The van der Waals surface area contributed by atoms with Crippen LogP contribution in [0.2, 0.25) is 0 Å². The highest BCUT2D eigenvalue weighted by Crippen LogP contribution is 2.22. The Hall–Kier alpha value is -3.09. The van der Waals surface area contributed by atoms with Crippen molar-refractivity contribution in [3.63, 3.8) is 0 Å². The molecule has 9 N–H and O–H groups in total. The summed E-state index contributed by atoms with van der Waals surface area (Å²) in [6.07, 6.45) is 1.50.